The third kappa shape index (κ3) is 3.63. The Morgan fingerprint density at radius 2 is 1.79 bits per heavy atom. The predicted octanol–water partition coefficient (Wildman–Crippen LogP) is 1.69. The first-order valence-corrected chi connectivity index (χ1v) is 11.6. The Morgan fingerprint density at radius 3 is 2.29 bits per heavy atom. The van der Waals surface area contributed by atoms with Crippen LogP contribution in [0.1, 0.15) is 42.7 Å². The van der Waals surface area contributed by atoms with Gasteiger partial charge in [-0.15, -0.1) is 0 Å². The van der Waals surface area contributed by atoms with E-state index in [0.717, 1.165) is 17.1 Å². The van der Waals surface area contributed by atoms with Crippen LogP contribution < -0.4 is 0 Å². The number of methoxy groups -OCH3 is 1. The van der Waals surface area contributed by atoms with E-state index in [-0.39, 0.29) is 31.8 Å². The summed E-state index contributed by atoms with van der Waals surface area (Å²) in [5.74, 6) is -0.680. The van der Waals surface area contributed by atoms with E-state index in [1.165, 1.54) is 9.87 Å². The molecule has 1 saturated heterocycles. The van der Waals surface area contributed by atoms with Crippen molar-refractivity contribution in [2.75, 3.05) is 20.2 Å². The highest BCUT2D eigenvalue weighted by molar-refractivity contribution is 9.10. The van der Waals surface area contributed by atoms with E-state index in [1.807, 2.05) is 19.1 Å². The largest absolute Gasteiger partial charge is 0.468 e. The van der Waals surface area contributed by atoms with Crippen molar-refractivity contribution in [3.63, 3.8) is 0 Å². The Balaban J connectivity index is 1.80. The van der Waals surface area contributed by atoms with E-state index in [1.54, 1.807) is 0 Å². The molecule has 1 aliphatic heterocycles. The number of aliphatic hydroxyl groups is 2. The molecule has 0 spiro atoms. The van der Waals surface area contributed by atoms with Gasteiger partial charge >= 0.3 is 5.97 Å². The fourth-order valence-corrected chi connectivity index (χ4v) is 6.79. The van der Waals surface area contributed by atoms with Crippen molar-refractivity contribution in [2.45, 2.75) is 55.5 Å². The minimum Gasteiger partial charge on any atom is -0.468 e. The smallest absolute Gasteiger partial charge is 0.328 e. The maximum Gasteiger partial charge on any atom is 0.328 e. The predicted molar refractivity (Wildman–Crippen MR) is 107 cm³/mol. The molecule has 0 aromatic heterocycles. The Labute approximate surface area is 173 Å². The average Bonchev–Trinajstić information content (AvgIpc) is 2.99. The molecule has 1 heterocycles. The highest BCUT2D eigenvalue weighted by atomic mass is 79.9. The lowest BCUT2D eigenvalue weighted by atomic mass is 9.89. The van der Waals surface area contributed by atoms with Crippen molar-refractivity contribution in [2.24, 2.45) is 0 Å². The van der Waals surface area contributed by atoms with E-state index in [4.69, 9.17) is 4.74 Å². The first-order chi connectivity index (χ1) is 13.1. The summed E-state index contributed by atoms with van der Waals surface area (Å²) in [5.41, 5.74) is 2.30. The van der Waals surface area contributed by atoms with Crippen LogP contribution in [0.25, 0.3) is 0 Å². The number of hydrogen-bond donors (Lipinski definition) is 2. The molecule has 1 aliphatic carbocycles. The number of ether oxygens (including phenoxy) is 1. The van der Waals surface area contributed by atoms with Crippen LogP contribution in [-0.2, 0) is 19.6 Å². The van der Waals surface area contributed by atoms with Gasteiger partial charge in [0.05, 0.1) is 19.3 Å². The van der Waals surface area contributed by atoms with Gasteiger partial charge < -0.3 is 14.9 Å². The number of hydrogen-bond acceptors (Lipinski definition) is 6. The summed E-state index contributed by atoms with van der Waals surface area (Å²) in [7, 11) is -2.97. The van der Waals surface area contributed by atoms with Crippen LogP contribution in [0.5, 0.6) is 0 Å². The van der Waals surface area contributed by atoms with Crippen molar-refractivity contribution in [3.05, 3.63) is 33.8 Å². The van der Waals surface area contributed by atoms with Crippen LogP contribution in [0.15, 0.2) is 22.7 Å². The summed E-state index contributed by atoms with van der Waals surface area (Å²) in [4.78, 5) is 12.4. The van der Waals surface area contributed by atoms with Crippen LogP contribution in [0.3, 0.4) is 0 Å². The number of sulfonamides is 1. The molecule has 0 radical (unpaired) electrons. The Hall–Kier alpha value is -1.00. The molecular formula is C19H26BrNO6S. The number of rotatable bonds is 4. The van der Waals surface area contributed by atoms with E-state index in [2.05, 4.69) is 22.0 Å². The first kappa shape index (κ1) is 21.7. The normalized spacial score (nSPS) is 29.8. The van der Waals surface area contributed by atoms with E-state index < -0.39 is 32.9 Å². The number of esters is 1. The average molecular weight is 476 g/mol. The summed E-state index contributed by atoms with van der Waals surface area (Å²) in [6, 6.07) is 6.16. The molecule has 3 atom stereocenters. The minimum absolute atomic E-state index is 0.243. The molecule has 0 bridgehead atoms. The van der Waals surface area contributed by atoms with Gasteiger partial charge in [-0.3, -0.25) is 4.79 Å². The van der Waals surface area contributed by atoms with Gasteiger partial charge in [0.1, 0.15) is 0 Å². The van der Waals surface area contributed by atoms with Crippen molar-refractivity contribution >= 4 is 31.9 Å². The third-order valence-corrected chi connectivity index (χ3v) is 9.44. The summed E-state index contributed by atoms with van der Waals surface area (Å²) in [6.45, 7) is 2.59. The molecule has 9 heteroatoms. The van der Waals surface area contributed by atoms with Gasteiger partial charge in [-0.25, -0.2) is 12.7 Å². The molecule has 2 N–H and O–H groups in total. The number of benzene rings is 1. The van der Waals surface area contributed by atoms with Crippen LogP contribution >= 0.6 is 15.9 Å². The third-order valence-electron chi connectivity index (χ3n) is 6.02. The maximum atomic E-state index is 13.3. The lowest BCUT2D eigenvalue weighted by molar-refractivity contribution is -0.144. The lowest BCUT2D eigenvalue weighted by Gasteiger charge is -2.37. The van der Waals surface area contributed by atoms with Crippen molar-refractivity contribution < 1.29 is 28.2 Å². The van der Waals surface area contributed by atoms with Gasteiger partial charge in [-0.05, 0) is 42.9 Å². The Bertz CT molecular complexity index is 840. The number of carbonyl (C=O) groups excluding carboxylic acids is 1. The maximum absolute atomic E-state index is 13.3. The van der Waals surface area contributed by atoms with Crippen molar-refractivity contribution in [1.82, 2.24) is 4.31 Å². The number of halogens is 1. The molecule has 7 nitrogen and oxygen atoms in total. The fourth-order valence-electron chi connectivity index (χ4n) is 4.30. The molecular weight excluding hydrogens is 450 g/mol. The summed E-state index contributed by atoms with van der Waals surface area (Å²) in [6.07, 6.45) is -1.95. The fraction of sp³-hybridized carbons (Fsp3) is 0.632. The van der Waals surface area contributed by atoms with Crippen molar-refractivity contribution in [1.29, 1.82) is 0 Å². The van der Waals surface area contributed by atoms with Gasteiger partial charge in [-0.1, -0.05) is 28.1 Å². The van der Waals surface area contributed by atoms with Crippen LogP contribution in [0.4, 0.5) is 0 Å². The summed E-state index contributed by atoms with van der Waals surface area (Å²) in [5, 5.41) is 19.9. The zero-order valence-corrected chi connectivity index (χ0v) is 18.4. The van der Waals surface area contributed by atoms with E-state index in [9.17, 15) is 23.4 Å². The quantitative estimate of drug-likeness (QED) is 0.642. The minimum atomic E-state index is -4.09. The molecule has 1 saturated carbocycles. The molecule has 1 aromatic rings. The second kappa shape index (κ2) is 8.02. The van der Waals surface area contributed by atoms with Crippen LogP contribution in [0.2, 0.25) is 0 Å². The number of carbonyl (C=O) groups is 1. The summed E-state index contributed by atoms with van der Waals surface area (Å²) >= 11 is 3.49. The van der Waals surface area contributed by atoms with E-state index >= 15 is 0 Å². The first-order valence-electron chi connectivity index (χ1n) is 9.32. The molecule has 0 amide bonds. The number of nitrogens with zero attached hydrogens (tertiary/aromatic N) is 1. The number of aliphatic hydroxyl groups excluding tert-OH is 2. The van der Waals surface area contributed by atoms with Gasteiger partial charge in [0.25, 0.3) is 0 Å². The van der Waals surface area contributed by atoms with Gasteiger partial charge in [0.2, 0.25) is 10.0 Å². The second-order valence-electron chi connectivity index (χ2n) is 7.72. The zero-order chi connectivity index (χ0) is 20.7. The molecule has 2 aliphatic rings. The van der Waals surface area contributed by atoms with Crippen molar-refractivity contribution in [3.8, 4) is 0 Å². The number of piperidine rings is 1. The van der Waals surface area contributed by atoms with Gasteiger partial charge in [0, 0.05) is 30.4 Å². The highest BCUT2D eigenvalue weighted by Crippen LogP contribution is 2.42. The molecule has 28 heavy (non-hydrogen) atoms. The molecule has 3 rings (SSSR count). The SMILES string of the molecule is COC(=O)C1(S(=O)(=O)N2CCC(c3ccc(Br)c(C)c3)CC2)C[C@@H](O)[C@@H](O)C1. The monoisotopic (exact) mass is 475 g/mol. The summed E-state index contributed by atoms with van der Waals surface area (Å²) < 4.78 is 31.9. The molecule has 1 unspecified atom stereocenters. The van der Waals surface area contributed by atoms with Gasteiger partial charge in [0.15, 0.2) is 4.75 Å². The molecule has 156 valence electrons. The standard InChI is InChI=1S/C19H26BrNO6S/c1-12-9-14(3-4-15(12)20)13-5-7-21(8-6-13)28(25,26)19(18(24)27-2)10-16(22)17(23)11-19/h3-4,9,13,16-17,22-23H,5-8,10-11H2,1-2H3/t16-,17+,19?. The Kier molecular flexibility index (Phi) is 6.22. The van der Waals surface area contributed by atoms with Gasteiger partial charge in [-0.2, -0.15) is 0 Å². The van der Waals surface area contributed by atoms with Crippen LogP contribution in [-0.4, -0.2) is 66.1 Å². The lowest BCUT2D eigenvalue weighted by Crippen LogP contribution is -2.54. The zero-order valence-electron chi connectivity index (χ0n) is 16.0. The Morgan fingerprint density at radius 1 is 1.21 bits per heavy atom. The molecule has 2 fully saturated rings. The number of aryl methyl sites for hydroxylation is 1. The second-order valence-corrected chi connectivity index (χ2v) is 10.8. The van der Waals surface area contributed by atoms with E-state index in [0.29, 0.717) is 12.8 Å². The topological polar surface area (TPSA) is 104 Å². The highest BCUT2D eigenvalue weighted by Gasteiger charge is 2.61. The molecule has 1 aromatic carbocycles. The van der Waals surface area contributed by atoms with Crippen LogP contribution in [0, 0.1) is 6.92 Å².